The van der Waals surface area contributed by atoms with E-state index in [2.05, 4.69) is 10.4 Å². The highest BCUT2D eigenvalue weighted by Crippen LogP contribution is 2.35. The minimum Gasteiger partial charge on any atom is -0.381 e. The molecule has 2 heterocycles. The molecule has 0 spiro atoms. The van der Waals surface area contributed by atoms with Gasteiger partial charge in [0.05, 0.1) is 10.7 Å². The molecule has 4 rings (SSSR count). The van der Waals surface area contributed by atoms with Gasteiger partial charge in [-0.25, -0.2) is 0 Å². The molecule has 3 aromatic rings. The first-order chi connectivity index (χ1) is 14.1. The number of nitrogens with zero attached hydrogens (tertiary/aromatic N) is 2. The summed E-state index contributed by atoms with van der Waals surface area (Å²) >= 11 is 8.13. The molecule has 0 radical (unpaired) electrons. The molecule has 2 aromatic carbocycles. The summed E-state index contributed by atoms with van der Waals surface area (Å²) in [4.78, 5) is 14.5. The molecular weight excluding hydrogens is 406 g/mol. The maximum absolute atomic E-state index is 12.5. The average Bonchev–Trinajstić information content (AvgIpc) is 3.15. The van der Waals surface area contributed by atoms with Crippen molar-refractivity contribution in [3.05, 3.63) is 59.8 Å². The van der Waals surface area contributed by atoms with Gasteiger partial charge in [-0.15, -0.1) is 0 Å². The molecule has 5 nitrogen and oxygen atoms in total. The minimum atomic E-state index is 0.0263. The summed E-state index contributed by atoms with van der Waals surface area (Å²) in [6.07, 6.45) is 3.32. The van der Waals surface area contributed by atoms with Crippen LogP contribution >= 0.6 is 23.4 Å². The van der Waals surface area contributed by atoms with Gasteiger partial charge in [0.15, 0.2) is 0 Å². The molecule has 0 saturated carbocycles. The van der Waals surface area contributed by atoms with Crippen LogP contribution in [0.1, 0.15) is 12.8 Å². The van der Waals surface area contributed by atoms with Gasteiger partial charge in [0, 0.05) is 53.4 Å². The number of aromatic nitrogens is 2. The summed E-state index contributed by atoms with van der Waals surface area (Å²) in [5.74, 6) is 0.0948. The normalized spacial score (nSPS) is 14.7. The van der Waals surface area contributed by atoms with E-state index in [1.807, 2.05) is 55.6 Å². The van der Waals surface area contributed by atoms with Crippen LogP contribution in [0.2, 0.25) is 5.02 Å². The highest BCUT2D eigenvalue weighted by molar-refractivity contribution is 7.99. The van der Waals surface area contributed by atoms with Gasteiger partial charge in [0.1, 0.15) is 0 Å². The highest BCUT2D eigenvalue weighted by Gasteiger charge is 2.21. The van der Waals surface area contributed by atoms with Crippen molar-refractivity contribution in [2.24, 2.45) is 13.0 Å². The van der Waals surface area contributed by atoms with Crippen LogP contribution in [-0.4, -0.2) is 28.9 Å². The number of benzene rings is 2. The van der Waals surface area contributed by atoms with Gasteiger partial charge in [-0.3, -0.25) is 9.48 Å². The van der Waals surface area contributed by atoms with Crippen LogP contribution in [-0.2, 0) is 16.6 Å². The van der Waals surface area contributed by atoms with E-state index in [1.165, 1.54) is 0 Å². The van der Waals surface area contributed by atoms with Crippen molar-refractivity contribution in [2.45, 2.75) is 22.6 Å². The van der Waals surface area contributed by atoms with Crippen LogP contribution in [0.4, 0.5) is 5.69 Å². The van der Waals surface area contributed by atoms with Crippen LogP contribution in [0, 0.1) is 5.92 Å². The van der Waals surface area contributed by atoms with Crippen molar-refractivity contribution in [2.75, 3.05) is 18.5 Å². The van der Waals surface area contributed by atoms with Gasteiger partial charge in [0.2, 0.25) is 5.91 Å². The first-order valence-electron chi connectivity index (χ1n) is 9.54. The van der Waals surface area contributed by atoms with Crippen LogP contribution in [0.25, 0.3) is 11.3 Å². The monoisotopic (exact) mass is 427 g/mol. The van der Waals surface area contributed by atoms with E-state index < -0.39 is 0 Å². The molecule has 0 atom stereocenters. The lowest BCUT2D eigenvalue weighted by Gasteiger charge is -2.21. The van der Waals surface area contributed by atoms with Gasteiger partial charge in [0.25, 0.3) is 0 Å². The topological polar surface area (TPSA) is 56.2 Å². The van der Waals surface area contributed by atoms with Gasteiger partial charge in [-0.2, -0.15) is 5.10 Å². The Hall–Kier alpha value is -2.28. The number of amides is 1. The van der Waals surface area contributed by atoms with Crippen LogP contribution in [0.5, 0.6) is 0 Å². The first kappa shape index (κ1) is 20.0. The third kappa shape index (κ3) is 4.83. The molecule has 1 N–H and O–H groups in total. The van der Waals surface area contributed by atoms with Crippen molar-refractivity contribution in [3.8, 4) is 11.3 Å². The van der Waals surface area contributed by atoms with Gasteiger partial charge >= 0.3 is 0 Å². The zero-order chi connectivity index (χ0) is 20.2. The second kappa shape index (κ2) is 9.03. The van der Waals surface area contributed by atoms with Gasteiger partial charge in [-0.1, -0.05) is 35.5 Å². The Labute approximate surface area is 179 Å². The summed E-state index contributed by atoms with van der Waals surface area (Å²) in [5.41, 5.74) is 2.74. The number of carbonyl (C=O) groups is 1. The number of rotatable bonds is 5. The van der Waals surface area contributed by atoms with E-state index in [4.69, 9.17) is 16.3 Å². The fourth-order valence-corrected chi connectivity index (χ4v) is 4.64. The summed E-state index contributed by atoms with van der Waals surface area (Å²) < 4.78 is 7.14. The number of carbonyl (C=O) groups excluding carboxylic acids is 1. The lowest BCUT2D eigenvalue weighted by Crippen LogP contribution is -2.28. The number of hydrogen-bond acceptors (Lipinski definition) is 4. The third-order valence-electron chi connectivity index (χ3n) is 4.97. The zero-order valence-corrected chi connectivity index (χ0v) is 17.7. The number of aryl methyl sites for hydroxylation is 1. The smallest absolute Gasteiger partial charge is 0.227 e. The maximum Gasteiger partial charge on any atom is 0.227 e. The fraction of sp³-hybridized carbons (Fsp3) is 0.273. The van der Waals surface area contributed by atoms with E-state index in [0.717, 1.165) is 39.6 Å². The van der Waals surface area contributed by atoms with Crippen molar-refractivity contribution < 1.29 is 9.53 Å². The van der Waals surface area contributed by atoms with E-state index in [0.29, 0.717) is 18.2 Å². The molecule has 7 heteroatoms. The second-order valence-corrected chi connectivity index (χ2v) is 8.54. The lowest BCUT2D eigenvalue weighted by molar-refractivity contribution is -0.122. The van der Waals surface area contributed by atoms with E-state index >= 15 is 0 Å². The van der Waals surface area contributed by atoms with Crippen molar-refractivity contribution in [3.63, 3.8) is 0 Å². The van der Waals surface area contributed by atoms with Crippen LogP contribution < -0.4 is 5.32 Å². The van der Waals surface area contributed by atoms with E-state index in [-0.39, 0.29) is 11.8 Å². The Morgan fingerprint density at radius 3 is 2.69 bits per heavy atom. The number of nitrogens with one attached hydrogen (secondary N) is 1. The Bertz CT molecular complexity index is 1010. The summed E-state index contributed by atoms with van der Waals surface area (Å²) in [6.45, 7) is 1.31. The first-order valence-corrected chi connectivity index (χ1v) is 10.7. The summed E-state index contributed by atoms with van der Waals surface area (Å²) in [6, 6.07) is 15.8. The average molecular weight is 428 g/mol. The molecule has 1 aliphatic rings. The minimum absolute atomic E-state index is 0.0263. The number of anilines is 1. The Kier molecular flexibility index (Phi) is 6.23. The Balaban J connectivity index is 1.46. The molecule has 0 aliphatic carbocycles. The summed E-state index contributed by atoms with van der Waals surface area (Å²) in [7, 11) is 1.90. The Morgan fingerprint density at radius 1 is 1.17 bits per heavy atom. The SMILES string of the molecule is Cn1nccc1-c1ccc(Sc2cccc(NC(=O)C3CCOCC3)c2)cc1Cl. The zero-order valence-electron chi connectivity index (χ0n) is 16.1. The predicted molar refractivity (Wildman–Crippen MR) is 116 cm³/mol. The quantitative estimate of drug-likeness (QED) is 0.603. The van der Waals surface area contributed by atoms with Crippen molar-refractivity contribution >= 4 is 35.0 Å². The van der Waals surface area contributed by atoms with Crippen molar-refractivity contribution in [1.29, 1.82) is 0 Å². The van der Waals surface area contributed by atoms with Gasteiger partial charge < -0.3 is 10.1 Å². The van der Waals surface area contributed by atoms with Gasteiger partial charge in [-0.05, 0) is 49.2 Å². The number of ether oxygens (including phenoxy) is 1. The maximum atomic E-state index is 12.5. The Morgan fingerprint density at radius 2 is 1.97 bits per heavy atom. The molecule has 29 heavy (non-hydrogen) atoms. The standard InChI is InChI=1S/C22H22ClN3O2S/c1-26-21(7-10-24-26)19-6-5-18(14-20(19)23)29-17-4-2-3-16(13-17)25-22(27)15-8-11-28-12-9-15/h2-7,10,13-15H,8-9,11-12H2,1H3,(H,25,27). The molecule has 1 fully saturated rings. The second-order valence-electron chi connectivity index (χ2n) is 6.99. The van der Waals surface area contributed by atoms with Crippen molar-refractivity contribution in [1.82, 2.24) is 9.78 Å². The number of hydrogen-bond donors (Lipinski definition) is 1. The lowest BCUT2D eigenvalue weighted by atomic mass is 9.99. The molecule has 0 bridgehead atoms. The molecule has 0 unspecified atom stereocenters. The van der Waals surface area contributed by atoms with E-state index in [1.54, 1.807) is 22.6 Å². The van der Waals surface area contributed by atoms with Crippen LogP contribution in [0.3, 0.4) is 0 Å². The molecule has 1 aromatic heterocycles. The molecule has 1 saturated heterocycles. The molecule has 1 aliphatic heterocycles. The largest absolute Gasteiger partial charge is 0.381 e. The fourth-order valence-electron chi connectivity index (χ4n) is 3.38. The van der Waals surface area contributed by atoms with E-state index in [9.17, 15) is 4.79 Å². The summed E-state index contributed by atoms with van der Waals surface area (Å²) in [5, 5.41) is 7.93. The highest BCUT2D eigenvalue weighted by atomic mass is 35.5. The van der Waals surface area contributed by atoms with Crippen LogP contribution in [0.15, 0.2) is 64.5 Å². The predicted octanol–water partition coefficient (Wildman–Crippen LogP) is 5.26. The third-order valence-corrected chi connectivity index (χ3v) is 6.26. The molecule has 150 valence electrons. The number of halogens is 1. The molecular formula is C22H22ClN3O2S. The molecule has 1 amide bonds.